The lowest BCUT2D eigenvalue weighted by atomic mass is 10.0. The molecule has 5 unspecified atom stereocenters. The number of hydrogen-bond donors (Lipinski definition) is 4. The first-order valence-electron chi connectivity index (χ1n) is 52.7. The van der Waals surface area contributed by atoms with Crippen LogP contribution in [0.5, 0.6) is 0 Å². The Bertz CT molecular complexity index is 3160. The smallest absolute Gasteiger partial charge is 0.463 e. The molecular formula is C113H192O16P2. The average Bonchev–Trinajstić information content (AvgIpc) is 0.891. The maximum atomic E-state index is 13.1. The van der Waals surface area contributed by atoms with Gasteiger partial charge in [-0.1, -0.05) is 459 Å². The molecule has 0 amide bonds. The van der Waals surface area contributed by atoms with Gasteiger partial charge in [-0.15, -0.1) is 0 Å². The molecule has 0 aromatic rings. The maximum absolute atomic E-state index is 13.1. The molecule has 131 heavy (non-hydrogen) atoms. The summed E-state index contributed by atoms with van der Waals surface area (Å²) in [5.41, 5.74) is 0. The maximum Gasteiger partial charge on any atom is 0.472 e. The molecule has 0 bridgehead atoms. The third-order valence-electron chi connectivity index (χ3n) is 22.3. The van der Waals surface area contributed by atoms with Crippen LogP contribution in [0.4, 0.5) is 0 Å². The molecule has 16 nitrogen and oxygen atoms in total. The van der Waals surface area contributed by atoms with Gasteiger partial charge in [-0.3, -0.25) is 32.5 Å². The van der Waals surface area contributed by atoms with Gasteiger partial charge < -0.3 is 34.2 Å². The Balaban J connectivity index is 4.60. The van der Waals surface area contributed by atoms with Crippen LogP contribution in [0.3, 0.4) is 0 Å². The zero-order valence-corrected chi connectivity index (χ0v) is 85.0. The van der Waals surface area contributed by atoms with Crippen LogP contribution >= 0.6 is 15.6 Å². The second-order valence-electron chi connectivity index (χ2n) is 34.9. The highest BCUT2D eigenvalue weighted by Crippen LogP contribution is 2.45. The molecule has 0 saturated heterocycles. The summed E-state index contributed by atoms with van der Waals surface area (Å²) in [6.07, 6.45) is 139. The number of hydrogen-bond acceptors (Lipinski definition) is 14. The van der Waals surface area contributed by atoms with Crippen LogP contribution in [0.1, 0.15) is 445 Å². The zero-order valence-electron chi connectivity index (χ0n) is 83.2. The molecule has 0 aliphatic heterocycles. The number of aliphatic hydroxyl groups excluding tert-OH is 2. The lowest BCUT2D eigenvalue weighted by molar-refractivity contribution is -0.161. The minimum absolute atomic E-state index is 0.0982. The van der Waals surface area contributed by atoms with Gasteiger partial charge in [0.1, 0.15) is 25.4 Å². The summed E-state index contributed by atoms with van der Waals surface area (Å²) in [7, 11) is -9.82. The average molecular weight is 1870 g/mol. The van der Waals surface area contributed by atoms with Crippen LogP contribution in [-0.2, 0) is 55.8 Å². The normalized spacial score (nSPS) is 14.4. The van der Waals surface area contributed by atoms with Crippen molar-refractivity contribution in [2.24, 2.45) is 0 Å². The van der Waals surface area contributed by atoms with Crippen LogP contribution < -0.4 is 0 Å². The second-order valence-corrected chi connectivity index (χ2v) is 37.8. The number of allylic oxidation sites excluding steroid dienone is 32. The molecule has 5 atom stereocenters. The van der Waals surface area contributed by atoms with E-state index in [9.17, 15) is 43.5 Å². The third kappa shape index (κ3) is 105. The Labute approximate surface area is 801 Å². The molecule has 0 fully saturated rings. The molecular weight excluding hydrogens is 1680 g/mol. The summed E-state index contributed by atoms with van der Waals surface area (Å²) in [4.78, 5) is 59.3. The Morgan fingerprint density at radius 1 is 0.214 bits per heavy atom. The summed E-state index contributed by atoms with van der Waals surface area (Å²) in [5, 5.41) is 20.8. The Kier molecular flexibility index (Phi) is 98.9. The van der Waals surface area contributed by atoms with Gasteiger partial charge in [0, 0.05) is 19.3 Å². The standard InChI is InChI=1S/C113H192O16P2/c1-4-7-10-13-16-19-22-25-28-31-34-37-40-43-46-49-51-52-53-54-56-59-60-63-66-69-72-75-78-81-84-87-90-93-96-99-111(116)123-102-108(114)103-125-130(119,120)126-104-109(115)105-127-131(121,122)128-107-110(129-113(118)101-98-95-92-89-86-83-80-77-74-71-68-65-62-57-48-45-42-39-36-33-30-27-24-21-18-15-12-9-6-3)106-124-112(117)100-97-94-91-88-85-82-79-76-73-70-67-64-61-58-55-50-47-44-41-38-35-32-29-26-23-20-17-14-11-8-5-2/h7-12,16-21,25-30,34-39,43-48,55,58,108-110,114-115H,4-6,13-15,22-24,31-33,40-42,49-54,56-57,59-107H2,1-3H3,(H,119,120)(H,121,122)/b10-7-,11-8-,12-9-,19-16-,20-17-,21-18-,28-25-,29-26-,30-27-,37-34-,38-35-,39-36-,46-43-,47-44-,48-45-,58-55-. The van der Waals surface area contributed by atoms with Crippen molar-refractivity contribution in [3.8, 4) is 0 Å². The number of phosphoric ester groups is 2. The fourth-order valence-electron chi connectivity index (χ4n) is 14.5. The van der Waals surface area contributed by atoms with E-state index in [1.54, 1.807) is 0 Å². The Morgan fingerprint density at radius 2 is 0.382 bits per heavy atom. The van der Waals surface area contributed by atoms with Gasteiger partial charge in [-0.05, 0) is 161 Å². The van der Waals surface area contributed by atoms with E-state index in [0.29, 0.717) is 19.3 Å². The minimum atomic E-state index is -4.95. The second kappa shape index (κ2) is 103. The van der Waals surface area contributed by atoms with Crippen LogP contribution in [-0.4, -0.2) is 95.9 Å². The molecule has 0 rings (SSSR count). The lowest BCUT2D eigenvalue weighted by Gasteiger charge is -2.21. The van der Waals surface area contributed by atoms with Crippen LogP contribution in [0.2, 0.25) is 0 Å². The van der Waals surface area contributed by atoms with Crippen molar-refractivity contribution in [3.05, 3.63) is 194 Å². The van der Waals surface area contributed by atoms with Gasteiger partial charge in [0.05, 0.1) is 26.4 Å². The number of esters is 3. The van der Waals surface area contributed by atoms with Gasteiger partial charge in [-0.25, -0.2) is 9.13 Å². The molecule has 0 radical (unpaired) electrons. The van der Waals surface area contributed by atoms with E-state index >= 15 is 0 Å². The highest BCUT2D eigenvalue weighted by atomic mass is 31.2. The van der Waals surface area contributed by atoms with E-state index in [-0.39, 0.29) is 19.3 Å². The quantitative estimate of drug-likeness (QED) is 0.0146. The summed E-state index contributed by atoms with van der Waals surface area (Å²) in [6, 6.07) is 0. The summed E-state index contributed by atoms with van der Waals surface area (Å²) in [6.45, 7) is 2.41. The van der Waals surface area contributed by atoms with E-state index in [0.717, 1.165) is 186 Å². The van der Waals surface area contributed by atoms with Crippen LogP contribution in [0, 0.1) is 0 Å². The number of unbranched alkanes of at least 4 members (excludes halogenated alkanes) is 44. The van der Waals surface area contributed by atoms with Crippen molar-refractivity contribution >= 4 is 33.6 Å². The topological polar surface area (TPSA) is 231 Å². The minimum Gasteiger partial charge on any atom is -0.463 e. The SMILES string of the molecule is CC/C=C\C/C=C\C/C=C\C/C=C\C/C=C\C/C=C\CCCCCCCCCCCCCCC(=O)OCC(COP(=O)(O)OCC(O)COP(=O)(O)OCC(O)COC(=O)CCCCCCCCCCCCCCCCCCCCC/C=C\C/C=C\C/C=C\C/C=C\C/C=C\CC)OC(=O)CCCCCCCCCCCCCCC/C=C\C/C=C\C/C=C\C/C=C\C/C=C\CC. The summed E-state index contributed by atoms with van der Waals surface area (Å²) >= 11 is 0. The Hall–Kier alpha value is -5.61. The van der Waals surface area contributed by atoms with Gasteiger partial charge in [-0.2, -0.15) is 0 Å². The van der Waals surface area contributed by atoms with Gasteiger partial charge in [0.15, 0.2) is 6.10 Å². The number of carbonyl (C=O) groups excluding carboxylic acids is 3. The molecule has 0 aromatic heterocycles. The van der Waals surface area contributed by atoms with Crippen molar-refractivity contribution in [2.75, 3.05) is 39.6 Å². The fourth-order valence-corrected chi connectivity index (χ4v) is 16.0. The van der Waals surface area contributed by atoms with Gasteiger partial charge in [0.2, 0.25) is 0 Å². The number of ether oxygens (including phenoxy) is 3. The Morgan fingerprint density at radius 3 is 0.603 bits per heavy atom. The van der Waals surface area contributed by atoms with E-state index in [1.165, 1.54) is 199 Å². The predicted molar refractivity (Wildman–Crippen MR) is 555 cm³/mol. The van der Waals surface area contributed by atoms with E-state index in [4.69, 9.17) is 32.3 Å². The molecule has 0 heterocycles. The molecule has 0 aromatic carbocycles. The fraction of sp³-hybridized carbons (Fsp3) is 0.690. The van der Waals surface area contributed by atoms with Crippen LogP contribution in [0.25, 0.3) is 0 Å². The van der Waals surface area contributed by atoms with Gasteiger partial charge >= 0.3 is 33.6 Å². The number of phosphoric acid groups is 2. The number of carbonyl (C=O) groups is 3. The highest BCUT2D eigenvalue weighted by molar-refractivity contribution is 7.47. The largest absolute Gasteiger partial charge is 0.472 e. The third-order valence-corrected chi connectivity index (χ3v) is 24.2. The molecule has 0 aliphatic rings. The number of aliphatic hydroxyl groups is 2. The monoisotopic (exact) mass is 1870 g/mol. The molecule has 18 heteroatoms. The van der Waals surface area contributed by atoms with Crippen molar-refractivity contribution in [1.29, 1.82) is 0 Å². The first-order chi connectivity index (χ1) is 64.2. The lowest BCUT2D eigenvalue weighted by Crippen LogP contribution is -2.30. The molecule has 750 valence electrons. The summed E-state index contributed by atoms with van der Waals surface area (Å²) < 4.78 is 61.8. The molecule has 0 spiro atoms. The highest BCUT2D eigenvalue weighted by Gasteiger charge is 2.30. The molecule has 0 saturated carbocycles. The van der Waals surface area contributed by atoms with Gasteiger partial charge in [0.25, 0.3) is 0 Å². The zero-order chi connectivity index (χ0) is 95.0. The molecule has 0 aliphatic carbocycles. The van der Waals surface area contributed by atoms with E-state index in [1.807, 2.05) is 0 Å². The van der Waals surface area contributed by atoms with Crippen molar-refractivity contribution in [2.45, 2.75) is 463 Å². The van der Waals surface area contributed by atoms with Crippen molar-refractivity contribution in [3.63, 3.8) is 0 Å². The van der Waals surface area contributed by atoms with Crippen molar-refractivity contribution < 1.29 is 75.8 Å². The predicted octanol–water partition coefficient (Wildman–Crippen LogP) is 33.7. The molecule has 4 N–H and O–H groups in total. The van der Waals surface area contributed by atoms with E-state index in [2.05, 4.69) is 215 Å². The first-order valence-corrected chi connectivity index (χ1v) is 55.7. The first kappa shape index (κ1) is 125. The summed E-state index contributed by atoms with van der Waals surface area (Å²) in [5.74, 6) is -1.56. The number of rotatable bonds is 99. The van der Waals surface area contributed by atoms with E-state index < -0.39 is 91.5 Å². The van der Waals surface area contributed by atoms with Crippen LogP contribution in [0.15, 0.2) is 194 Å². The van der Waals surface area contributed by atoms with Crippen molar-refractivity contribution in [1.82, 2.24) is 0 Å².